The van der Waals surface area contributed by atoms with E-state index in [9.17, 15) is 27.9 Å². The minimum absolute atomic E-state index is 0.0286. The summed E-state index contributed by atoms with van der Waals surface area (Å²) in [7, 11) is 0. The summed E-state index contributed by atoms with van der Waals surface area (Å²) in [6, 6.07) is 9.95. The molecule has 3 aromatic rings. The number of phenols is 1. The molecule has 6 nitrogen and oxygen atoms in total. The molecular formula is C21H17F3O6. The van der Waals surface area contributed by atoms with E-state index in [2.05, 4.69) is 4.74 Å². The molecule has 0 aliphatic heterocycles. The lowest BCUT2D eigenvalue weighted by atomic mass is 10.1. The highest BCUT2D eigenvalue weighted by Gasteiger charge is 2.27. The molecule has 0 radical (unpaired) electrons. The van der Waals surface area contributed by atoms with Crippen molar-refractivity contribution in [3.8, 4) is 5.75 Å². The molecule has 0 amide bonds. The van der Waals surface area contributed by atoms with Gasteiger partial charge >= 0.3 is 17.8 Å². The van der Waals surface area contributed by atoms with Crippen molar-refractivity contribution >= 4 is 16.9 Å². The Morgan fingerprint density at radius 1 is 1.10 bits per heavy atom. The van der Waals surface area contributed by atoms with Crippen molar-refractivity contribution in [1.29, 1.82) is 0 Å². The molecule has 30 heavy (non-hydrogen) atoms. The molecule has 1 N–H and O–H groups in total. The first-order chi connectivity index (χ1) is 14.1. The molecule has 9 heteroatoms. The third kappa shape index (κ3) is 5.18. The highest BCUT2D eigenvalue weighted by Crippen LogP contribution is 2.27. The van der Waals surface area contributed by atoms with E-state index in [1.807, 2.05) is 0 Å². The zero-order chi connectivity index (χ0) is 21.9. The summed E-state index contributed by atoms with van der Waals surface area (Å²) in [5.41, 5.74) is 1.02. The van der Waals surface area contributed by atoms with E-state index in [1.54, 1.807) is 13.0 Å². The van der Waals surface area contributed by atoms with Gasteiger partial charge in [0, 0.05) is 22.6 Å². The van der Waals surface area contributed by atoms with Crippen LogP contribution in [-0.2, 0) is 22.7 Å². The number of phenolic OH excluding ortho intramolecular Hbond substituents is 1. The normalized spacial score (nSPS) is 11.6. The van der Waals surface area contributed by atoms with Crippen molar-refractivity contribution in [1.82, 2.24) is 0 Å². The molecule has 0 unspecified atom stereocenters. The molecular weight excluding hydrogens is 405 g/mol. The molecule has 0 atom stereocenters. The van der Waals surface area contributed by atoms with Crippen LogP contribution in [0.15, 0.2) is 51.7 Å². The fraction of sp³-hybridized carbons (Fsp3) is 0.238. The summed E-state index contributed by atoms with van der Waals surface area (Å²) in [5.74, 6) is -0.700. The average Bonchev–Trinajstić information content (AvgIpc) is 2.68. The second-order valence-electron chi connectivity index (χ2n) is 6.56. The zero-order valence-corrected chi connectivity index (χ0v) is 15.8. The molecule has 3 rings (SSSR count). The van der Waals surface area contributed by atoms with Gasteiger partial charge in [0.25, 0.3) is 0 Å². The largest absolute Gasteiger partial charge is 0.508 e. The van der Waals surface area contributed by atoms with Gasteiger partial charge in [-0.1, -0.05) is 12.1 Å². The molecule has 0 aliphatic carbocycles. The summed E-state index contributed by atoms with van der Waals surface area (Å²) < 4.78 is 51.2. The van der Waals surface area contributed by atoms with Crippen molar-refractivity contribution < 1.29 is 37.0 Å². The number of carbonyl (C=O) groups excluding carboxylic acids is 1. The fourth-order valence-electron chi connectivity index (χ4n) is 2.78. The van der Waals surface area contributed by atoms with Gasteiger partial charge in [-0.3, -0.25) is 0 Å². The third-order valence-corrected chi connectivity index (χ3v) is 4.30. The molecule has 1 heterocycles. The first-order valence-electron chi connectivity index (χ1n) is 8.80. The SMILES string of the molecule is Cc1c(O)ccc2c(COC(=O)c3ccc(COCC(F)(F)F)cc3)cc(=O)oc12. The molecule has 0 bridgehead atoms. The second-order valence-corrected chi connectivity index (χ2v) is 6.56. The maximum Gasteiger partial charge on any atom is 0.411 e. The van der Waals surface area contributed by atoms with Crippen molar-refractivity contribution in [3.05, 3.63) is 75.1 Å². The number of aryl methyl sites for hydroxylation is 1. The third-order valence-electron chi connectivity index (χ3n) is 4.30. The Morgan fingerprint density at radius 2 is 1.80 bits per heavy atom. The van der Waals surface area contributed by atoms with E-state index in [0.29, 0.717) is 22.1 Å². The maximum absolute atomic E-state index is 12.3. The molecule has 0 aliphatic rings. The van der Waals surface area contributed by atoms with Gasteiger partial charge in [0.05, 0.1) is 12.2 Å². The Hall–Kier alpha value is -3.33. The van der Waals surface area contributed by atoms with E-state index in [-0.39, 0.29) is 30.1 Å². The smallest absolute Gasteiger partial charge is 0.411 e. The highest BCUT2D eigenvalue weighted by molar-refractivity contribution is 5.90. The summed E-state index contributed by atoms with van der Waals surface area (Å²) >= 11 is 0. The van der Waals surface area contributed by atoms with Crippen molar-refractivity contribution in [2.75, 3.05) is 6.61 Å². The fourth-order valence-corrected chi connectivity index (χ4v) is 2.78. The number of ether oxygens (including phenoxy) is 2. The monoisotopic (exact) mass is 422 g/mol. The second kappa shape index (κ2) is 8.58. The summed E-state index contributed by atoms with van der Waals surface area (Å²) in [5, 5.41) is 10.3. The molecule has 0 spiro atoms. The van der Waals surface area contributed by atoms with Crippen LogP contribution in [0.25, 0.3) is 11.0 Å². The number of alkyl halides is 3. The Labute approximate surface area is 168 Å². The Balaban J connectivity index is 1.67. The van der Waals surface area contributed by atoms with Gasteiger partial charge in [0.2, 0.25) is 0 Å². The standard InChI is InChI=1S/C21H17F3O6/c1-12-17(25)7-6-16-15(8-18(26)30-19(12)16)10-29-20(27)14-4-2-13(3-5-14)9-28-11-21(22,23)24/h2-8,25H,9-11H2,1H3. The molecule has 2 aromatic carbocycles. The van der Waals surface area contributed by atoms with Gasteiger partial charge in [-0.05, 0) is 36.8 Å². The highest BCUT2D eigenvalue weighted by atomic mass is 19.4. The van der Waals surface area contributed by atoms with Gasteiger partial charge in [-0.15, -0.1) is 0 Å². The van der Waals surface area contributed by atoms with Crippen LogP contribution in [0.3, 0.4) is 0 Å². The minimum atomic E-state index is -4.40. The topological polar surface area (TPSA) is 86.0 Å². The number of benzene rings is 2. The lowest BCUT2D eigenvalue weighted by Crippen LogP contribution is -2.16. The van der Waals surface area contributed by atoms with Gasteiger partial charge in [-0.25, -0.2) is 9.59 Å². The summed E-state index contributed by atoms with van der Waals surface area (Å²) in [4.78, 5) is 24.1. The predicted molar refractivity (Wildman–Crippen MR) is 100 cm³/mol. The Morgan fingerprint density at radius 3 is 2.47 bits per heavy atom. The van der Waals surface area contributed by atoms with Crippen LogP contribution in [0.4, 0.5) is 13.2 Å². The predicted octanol–water partition coefficient (Wildman–Crippen LogP) is 4.24. The number of hydrogen-bond acceptors (Lipinski definition) is 6. The van der Waals surface area contributed by atoms with E-state index in [0.717, 1.165) is 0 Å². The zero-order valence-electron chi connectivity index (χ0n) is 15.8. The number of halogens is 3. The molecule has 0 saturated heterocycles. The first kappa shape index (κ1) is 21.4. The van der Waals surface area contributed by atoms with Gasteiger partial charge < -0.3 is 19.0 Å². The number of carbonyl (C=O) groups is 1. The van der Waals surface area contributed by atoms with E-state index in [1.165, 1.54) is 36.4 Å². The molecule has 0 saturated carbocycles. The van der Waals surface area contributed by atoms with Crippen LogP contribution >= 0.6 is 0 Å². The van der Waals surface area contributed by atoms with E-state index in [4.69, 9.17) is 9.15 Å². The van der Waals surface area contributed by atoms with E-state index >= 15 is 0 Å². The lowest BCUT2D eigenvalue weighted by molar-refractivity contribution is -0.176. The van der Waals surface area contributed by atoms with Gasteiger partial charge in [0.1, 0.15) is 24.5 Å². The number of aromatic hydroxyl groups is 1. The Kier molecular flexibility index (Phi) is 6.12. The summed E-state index contributed by atoms with van der Waals surface area (Å²) in [6.07, 6.45) is -4.40. The molecule has 1 aromatic heterocycles. The molecule has 158 valence electrons. The molecule has 0 fully saturated rings. The van der Waals surface area contributed by atoms with E-state index < -0.39 is 24.4 Å². The van der Waals surface area contributed by atoms with Crippen LogP contribution in [0.1, 0.15) is 27.0 Å². The quantitative estimate of drug-likeness (QED) is 0.472. The number of fused-ring (bicyclic) bond motifs is 1. The number of rotatable bonds is 6. The minimum Gasteiger partial charge on any atom is -0.508 e. The van der Waals surface area contributed by atoms with Crippen LogP contribution in [0.2, 0.25) is 0 Å². The van der Waals surface area contributed by atoms with Crippen molar-refractivity contribution in [2.45, 2.75) is 26.3 Å². The lowest BCUT2D eigenvalue weighted by Gasteiger charge is -2.10. The van der Waals surface area contributed by atoms with Crippen LogP contribution in [-0.4, -0.2) is 23.9 Å². The Bertz CT molecular complexity index is 1120. The van der Waals surface area contributed by atoms with Crippen molar-refractivity contribution in [2.24, 2.45) is 0 Å². The first-order valence-corrected chi connectivity index (χ1v) is 8.80. The van der Waals surface area contributed by atoms with Crippen LogP contribution < -0.4 is 5.63 Å². The average molecular weight is 422 g/mol. The van der Waals surface area contributed by atoms with Gasteiger partial charge in [0.15, 0.2) is 0 Å². The number of hydrogen-bond donors (Lipinski definition) is 1. The van der Waals surface area contributed by atoms with Crippen LogP contribution in [0, 0.1) is 6.92 Å². The van der Waals surface area contributed by atoms with Crippen molar-refractivity contribution in [3.63, 3.8) is 0 Å². The van der Waals surface area contributed by atoms with Crippen LogP contribution in [0.5, 0.6) is 5.75 Å². The van der Waals surface area contributed by atoms with Gasteiger partial charge in [-0.2, -0.15) is 13.2 Å². The maximum atomic E-state index is 12.3. The summed E-state index contributed by atoms with van der Waals surface area (Å²) in [6.45, 7) is -0.210. The number of esters is 1.